The number of aromatic nitrogens is 3. The molecule has 0 bridgehead atoms. The second-order valence-corrected chi connectivity index (χ2v) is 6.41. The molecular weight excluding hydrogens is 360 g/mol. The molecule has 0 N–H and O–H groups in total. The van der Waals surface area contributed by atoms with E-state index in [0.29, 0.717) is 24.5 Å². The number of ether oxygens (including phenoxy) is 2. The topological polar surface area (TPSA) is 61.5 Å². The Morgan fingerprint density at radius 2 is 1.93 bits per heavy atom. The van der Waals surface area contributed by atoms with Crippen molar-refractivity contribution in [3.63, 3.8) is 0 Å². The zero-order valence-corrected chi connectivity index (χ0v) is 16.4. The van der Waals surface area contributed by atoms with E-state index in [0.717, 1.165) is 22.1 Å². The summed E-state index contributed by atoms with van der Waals surface area (Å²) in [6, 6.07) is 15.9. The molecule has 0 aliphatic carbocycles. The molecule has 0 spiro atoms. The molecule has 0 aliphatic rings. The monoisotopic (exact) mass is 382 g/mol. The third-order valence-corrected chi connectivity index (χ3v) is 4.51. The predicted octanol–water partition coefficient (Wildman–Crippen LogP) is 3.88. The molecule has 0 unspecified atom stereocenters. The van der Waals surface area contributed by atoms with Crippen LogP contribution in [-0.4, -0.2) is 41.1 Å². The van der Waals surface area contributed by atoms with Gasteiger partial charge in [0.25, 0.3) is 0 Å². The van der Waals surface area contributed by atoms with Gasteiger partial charge in [-0.1, -0.05) is 48.2 Å². The van der Waals surface area contributed by atoms with Gasteiger partial charge in [0.05, 0.1) is 19.9 Å². The molecule has 0 fully saturated rings. The summed E-state index contributed by atoms with van der Waals surface area (Å²) in [4.78, 5) is 0. The Bertz CT molecular complexity index is 910. The van der Waals surface area contributed by atoms with Gasteiger partial charge < -0.3 is 9.47 Å². The summed E-state index contributed by atoms with van der Waals surface area (Å²) in [5.74, 6) is 2.14. The van der Waals surface area contributed by atoms with E-state index in [1.807, 2.05) is 49.6 Å². The van der Waals surface area contributed by atoms with Gasteiger partial charge in [0, 0.05) is 12.0 Å². The molecule has 27 heavy (non-hydrogen) atoms. The molecule has 140 valence electrons. The smallest absolute Gasteiger partial charge is 0.211 e. The normalized spacial score (nSPS) is 11.1. The summed E-state index contributed by atoms with van der Waals surface area (Å²) in [5, 5.41) is 13.9. The van der Waals surface area contributed by atoms with Gasteiger partial charge in [-0.15, -0.1) is 10.2 Å². The summed E-state index contributed by atoms with van der Waals surface area (Å²) in [7, 11) is 1.63. The molecule has 0 saturated heterocycles. The van der Waals surface area contributed by atoms with E-state index >= 15 is 0 Å². The minimum absolute atomic E-state index is 0.545. The molecular formula is C20H22N4O2S. The van der Waals surface area contributed by atoms with Crippen molar-refractivity contribution in [1.29, 1.82) is 0 Å². The van der Waals surface area contributed by atoms with Crippen molar-refractivity contribution in [3.05, 3.63) is 65.5 Å². The molecule has 1 heterocycles. The zero-order chi connectivity index (χ0) is 19.1. The van der Waals surface area contributed by atoms with Crippen LogP contribution in [-0.2, 0) is 6.42 Å². The van der Waals surface area contributed by atoms with E-state index in [1.165, 1.54) is 11.8 Å². The van der Waals surface area contributed by atoms with Gasteiger partial charge in [-0.25, -0.2) is 0 Å². The molecule has 2 aromatic carbocycles. The SMILES string of the molecule is CCOc1c(/C=N\n2c(Cc3ccccc3)nnc2SC)cccc1OC. The van der Waals surface area contributed by atoms with Crippen LogP contribution in [0.25, 0.3) is 0 Å². The number of rotatable bonds is 8. The van der Waals surface area contributed by atoms with Gasteiger partial charge in [0.1, 0.15) is 0 Å². The van der Waals surface area contributed by atoms with Crippen molar-refractivity contribution >= 4 is 18.0 Å². The maximum absolute atomic E-state index is 5.75. The van der Waals surface area contributed by atoms with Gasteiger partial charge in [0.2, 0.25) is 5.16 Å². The van der Waals surface area contributed by atoms with Crippen LogP contribution in [0.4, 0.5) is 0 Å². The van der Waals surface area contributed by atoms with Crippen molar-refractivity contribution in [2.45, 2.75) is 18.5 Å². The minimum Gasteiger partial charge on any atom is -0.493 e. The first kappa shape index (κ1) is 19.0. The Morgan fingerprint density at radius 1 is 1.11 bits per heavy atom. The quantitative estimate of drug-likeness (QED) is 0.437. The van der Waals surface area contributed by atoms with E-state index in [-0.39, 0.29) is 0 Å². The van der Waals surface area contributed by atoms with Gasteiger partial charge in [-0.05, 0) is 30.9 Å². The standard InChI is InChI=1S/C20H22N4O2S/c1-4-26-19-16(11-8-12-17(19)25-2)14-21-24-18(22-23-20(24)27-3)13-15-9-6-5-7-10-15/h5-12,14H,4,13H2,1-3H3/b21-14-. The summed E-state index contributed by atoms with van der Waals surface area (Å²) < 4.78 is 12.9. The Balaban J connectivity index is 1.94. The molecule has 6 nitrogen and oxygen atoms in total. The van der Waals surface area contributed by atoms with Crippen LogP contribution in [0.15, 0.2) is 58.8 Å². The highest BCUT2D eigenvalue weighted by Gasteiger charge is 2.13. The van der Waals surface area contributed by atoms with Crippen molar-refractivity contribution in [3.8, 4) is 11.5 Å². The van der Waals surface area contributed by atoms with Gasteiger partial charge in [-0.3, -0.25) is 0 Å². The lowest BCUT2D eigenvalue weighted by Gasteiger charge is -2.11. The fourth-order valence-electron chi connectivity index (χ4n) is 2.64. The maximum Gasteiger partial charge on any atom is 0.211 e. The molecule has 3 aromatic rings. The van der Waals surface area contributed by atoms with Crippen LogP contribution in [0.5, 0.6) is 11.5 Å². The van der Waals surface area contributed by atoms with E-state index < -0.39 is 0 Å². The van der Waals surface area contributed by atoms with E-state index in [9.17, 15) is 0 Å². The van der Waals surface area contributed by atoms with Crippen LogP contribution in [0.1, 0.15) is 23.9 Å². The lowest BCUT2D eigenvalue weighted by molar-refractivity contribution is 0.310. The molecule has 0 aliphatic heterocycles. The molecule has 0 amide bonds. The number of benzene rings is 2. The molecule has 7 heteroatoms. The Kier molecular flexibility index (Phi) is 6.49. The lowest BCUT2D eigenvalue weighted by Crippen LogP contribution is -2.03. The highest BCUT2D eigenvalue weighted by molar-refractivity contribution is 7.98. The molecule has 0 saturated carbocycles. The first-order valence-electron chi connectivity index (χ1n) is 8.63. The average Bonchev–Trinajstić information content (AvgIpc) is 3.09. The maximum atomic E-state index is 5.75. The van der Waals surface area contributed by atoms with Gasteiger partial charge in [0.15, 0.2) is 17.3 Å². The van der Waals surface area contributed by atoms with Crippen LogP contribution in [0.3, 0.4) is 0 Å². The average molecular weight is 382 g/mol. The van der Waals surface area contributed by atoms with Crippen molar-refractivity contribution < 1.29 is 9.47 Å². The predicted molar refractivity (Wildman–Crippen MR) is 108 cm³/mol. The number of nitrogens with zero attached hydrogens (tertiary/aromatic N) is 4. The van der Waals surface area contributed by atoms with E-state index in [1.54, 1.807) is 18.0 Å². The van der Waals surface area contributed by atoms with Crippen molar-refractivity contribution in [2.75, 3.05) is 20.0 Å². The van der Waals surface area contributed by atoms with Crippen LogP contribution in [0.2, 0.25) is 0 Å². The number of hydrogen-bond donors (Lipinski definition) is 0. The third-order valence-electron chi connectivity index (χ3n) is 3.89. The highest BCUT2D eigenvalue weighted by Crippen LogP contribution is 2.30. The summed E-state index contributed by atoms with van der Waals surface area (Å²) in [6.07, 6.45) is 4.37. The van der Waals surface area contributed by atoms with Crippen molar-refractivity contribution in [2.24, 2.45) is 5.10 Å². The van der Waals surface area contributed by atoms with Crippen LogP contribution in [0, 0.1) is 0 Å². The second kappa shape index (κ2) is 9.23. The number of hydrogen-bond acceptors (Lipinski definition) is 6. The van der Waals surface area contributed by atoms with E-state index in [4.69, 9.17) is 9.47 Å². The largest absolute Gasteiger partial charge is 0.493 e. The van der Waals surface area contributed by atoms with Crippen LogP contribution < -0.4 is 9.47 Å². The fourth-order valence-corrected chi connectivity index (χ4v) is 3.09. The summed E-state index contributed by atoms with van der Waals surface area (Å²) >= 11 is 1.50. The second-order valence-electron chi connectivity index (χ2n) is 5.63. The Hall–Kier alpha value is -2.80. The molecule has 0 radical (unpaired) electrons. The molecule has 1 aromatic heterocycles. The lowest BCUT2D eigenvalue weighted by atomic mass is 10.1. The van der Waals surface area contributed by atoms with E-state index in [2.05, 4.69) is 27.4 Å². The highest BCUT2D eigenvalue weighted by atomic mass is 32.2. The third kappa shape index (κ3) is 4.49. The summed E-state index contributed by atoms with van der Waals surface area (Å²) in [6.45, 7) is 2.49. The Labute approximate surface area is 163 Å². The molecule has 3 rings (SSSR count). The number of methoxy groups -OCH3 is 1. The number of para-hydroxylation sites is 1. The Morgan fingerprint density at radius 3 is 2.63 bits per heavy atom. The first-order chi connectivity index (χ1) is 13.3. The fraction of sp³-hybridized carbons (Fsp3) is 0.250. The van der Waals surface area contributed by atoms with Gasteiger partial charge >= 0.3 is 0 Å². The van der Waals surface area contributed by atoms with Gasteiger partial charge in [-0.2, -0.15) is 9.78 Å². The minimum atomic E-state index is 0.545. The van der Waals surface area contributed by atoms with Crippen molar-refractivity contribution in [1.82, 2.24) is 14.9 Å². The summed E-state index contributed by atoms with van der Waals surface area (Å²) in [5.41, 5.74) is 1.99. The number of thioether (sulfide) groups is 1. The van der Waals surface area contributed by atoms with Crippen LogP contribution >= 0.6 is 11.8 Å². The first-order valence-corrected chi connectivity index (χ1v) is 9.85. The molecule has 0 atom stereocenters. The zero-order valence-electron chi connectivity index (χ0n) is 15.6.